The Morgan fingerprint density at radius 1 is 1.48 bits per heavy atom. The van der Waals surface area contributed by atoms with E-state index < -0.39 is 5.97 Å². The molecule has 0 aromatic heterocycles. The molecule has 4 N–H and O–H groups in total. The Kier molecular flexibility index (Phi) is 3.69. The molecule has 0 amide bonds. The molecule has 1 heterocycles. The number of nitrogens with one attached hydrogen (secondary N) is 1. The predicted molar refractivity (Wildman–Crippen MR) is 90.7 cm³/mol. The van der Waals surface area contributed by atoms with Crippen LogP contribution in [0, 0.1) is 0 Å². The summed E-state index contributed by atoms with van der Waals surface area (Å²) in [6.45, 7) is 4.07. The van der Waals surface area contributed by atoms with Gasteiger partial charge in [-0.25, -0.2) is 14.8 Å². The van der Waals surface area contributed by atoms with Gasteiger partial charge in [0.15, 0.2) is 5.84 Å². The van der Waals surface area contributed by atoms with Crippen molar-refractivity contribution in [1.29, 1.82) is 0 Å². The van der Waals surface area contributed by atoms with Crippen molar-refractivity contribution in [3.63, 3.8) is 0 Å². The minimum Gasteiger partial charge on any atom is -0.478 e. The lowest BCUT2D eigenvalue weighted by Crippen LogP contribution is -2.36. The second-order valence-electron chi connectivity index (χ2n) is 5.44. The molecule has 23 heavy (non-hydrogen) atoms. The van der Waals surface area contributed by atoms with E-state index in [2.05, 4.69) is 26.9 Å². The number of carboxylic acid groups (broad SMARTS) is 1. The number of guanidine groups is 1. The van der Waals surface area contributed by atoms with E-state index in [1.807, 2.05) is 0 Å². The lowest BCUT2D eigenvalue weighted by molar-refractivity contribution is 0.0697. The fourth-order valence-electron chi connectivity index (χ4n) is 2.26. The second kappa shape index (κ2) is 5.68. The lowest BCUT2D eigenvalue weighted by atomic mass is 9.95. The Morgan fingerprint density at radius 2 is 2.22 bits per heavy atom. The highest BCUT2D eigenvalue weighted by Gasteiger charge is 2.29. The van der Waals surface area contributed by atoms with Gasteiger partial charge in [0.1, 0.15) is 5.71 Å². The van der Waals surface area contributed by atoms with Crippen LogP contribution in [0.5, 0.6) is 0 Å². The number of hydrogen-bond acceptors (Lipinski definition) is 4. The molecule has 1 aliphatic heterocycles. The van der Waals surface area contributed by atoms with Gasteiger partial charge >= 0.3 is 5.97 Å². The molecule has 0 bridgehead atoms. The van der Waals surface area contributed by atoms with Gasteiger partial charge in [0.05, 0.1) is 11.3 Å². The van der Waals surface area contributed by atoms with Crippen molar-refractivity contribution in [2.45, 2.75) is 18.9 Å². The third-order valence-corrected chi connectivity index (χ3v) is 3.69. The van der Waals surface area contributed by atoms with Crippen LogP contribution < -0.4 is 11.1 Å². The zero-order valence-corrected chi connectivity index (χ0v) is 12.7. The average Bonchev–Trinajstić information content (AvgIpc) is 3.34. The standard InChI is InChI=1S/C16H17N5O2/c1-8-11-6-3-9(15(22)23)7-12(11)20-14(19-10-4-5-10)13(8)21-16(17)18-2/h3,6-7,10H,1,4-5H2,2H3,(H2,17,18)(H,19,20)(H,22,23)/b21-13+. The number of rotatable bonds is 2. The van der Waals surface area contributed by atoms with Crippen LogP contribution in [0.1, 0.15) is 28.8 Å². The summed E-state index contributed by atoms with van der Waals surface area (Å²) in [5.74, 6) is -0.302. The molecule has 1 aromatic carbocycles. The summed E-state index contributed by atoms with van der Waals surface area (Å²) in [5, 5.41) is 12.4. The van der Waals surface area contributed by atoms with E-state index in [1.54, 1.807) is 13.1 Å². The molecule has 1 saturated carbocycles. The summed E-state index contributed by atoms with van der Waals surface area (Å²) in [5.41, 5.74) is 8.37. The Morgan fingerprint density at radius 3 is 2.83 bits per heavy atom. The van der Waals surface area contributed by atoms with Crippen molar-refractivity contribution in [2.75, 3.05) is 7.05 Å². The SMILES string of the molecule is C=C1/C(=N\C(N)=N/C)C(NC2CC2)=Nc2cc(C(=O)O)ccc21. The van der Waals surface area contributed by atoms with Crippen LogP contribution in [-0.4, -0.2) is 41.7 Å². The Hall–Kier alpha value is -2.96. The minimum atomic E-state index is -0.993. The molecule has 7 nitrogen and oxygen atoms in total. The van der Waals surface area contributed by atoms with Gasteiger partial charge in [0.25, 0.3) is 0 Å². The van der Waals surface area contributed by atoms with Crippen LogP contribution in [0.15, 0.2) is 39.8 Å². The maximum Gasteiger partial charge on any atom is 0.335 e. The van der Waals surface area contributed by atoms with Gasteiger partial charge in [-0.1, -0.05) is 12.6 Å². The van der Waals surface area contributed by atoms with E-state index in [0.717, 1.165) is 18.4 Å². The number of amidine groups is 1. The highest BCUT2D eigenvalue weighted by Crippen LogP contribution is 2.33. The maximum atomic E-state index is 11.1. The Balaban J connectivity index is 2.10. The molecule has 2 aliphatic rings. The highest BCUT2D eigenvalue weighted by atomic mass is 16.4. The van der Waals surface area contributed by atoms with Crippen molar-refractivity contribution < 1.29 is 9.90 Å². The molecule has 3 rings (SSSR count). The van der Waals surface area contributed by atoms with Crippen LogP contribution in [0.4, 0.5) is 5.69 Å². The summed E-state index contributed by atoms with van der Waals surface area (Å²) >= 11 is 0. The van der Waals surface area contributed by atoms with Gasteiger partial charge in [-0.05, 0) is 25.0 Å². The summed E-state index contributed by atoms with van der Waals surface area (Å²) < 4.78 is 0. The normalized spacial score (nSPS) is 19.3. The monoisotopic (exact) mass is 311 g/mol. The predicted octanol–water partition coefficient (Wildman–Crippen LogP) is 1.58. The largest absolute Gasteiger partial charge is 0.478 e. The topological polar surface area (TPSA) is 112 Å². The van der Waals surface area contributed by atoms with Gasteiger partial charge in [0, 0.05) is 24.2 Å². The number of carboxylic acids is 1. The number of carbonyl (C=O) groups is 1. The smallest absolute Gasteiger partial charge is 0.335 e. The van der Waals surface area contributed by atoms with E-state index in [4.69, 9.17) is 10.8 Å². The van der Waals surface area contributed by atoms with Gasteiger partial charge in [0.2, 0.25) is 5.96 Å². The van der Waals surface area contributed by atoms with Gasteiger partial charge < -0.3 is 16.2 Å². The third-order valence-electron chi connectivity index (χ3n) is 3.69. The second-order valence-corrected chi connectivity index (χ2v) is 5.44. The van der Waals surface area contributed by atoms with Crippen LogP contribution in [0.3, 0.4) is 0 Å². The Bertz CT molecular complexity index is 788. The summed E-state index contributed by atoms with van der Waals surface area (Å²) in [6.07, 6.45) is 2.14. The molecule has 0 atom stereocenters. The van der Waals surface area contributed by atoms with Crippen molar-refractivity contribution >= 4 is 34.7 Å². The molecule has 7 heteroatoms. The number of nitrogens with two attached hydrogens (primary N) is 1. The third kappa shape index (κ3) is 2.98. The van der Waals surface area contributed by atoms with Gasteiger partial charge in [-0.15, -0.1) is 0 Å². The number of hydrogen-bond donors (Lipinski definition) is 3. The fraction of sp³-hybridized carbons (Fsp3) is 0.250. The molecular formula is C16H17N5O2. The minimum absolute atomic E-state index is 0.136. The van der Waals surface area contributed by atoms with Crippen molar-refractivity contribution in [2.24, 2.45) is 20.7 Å². The van der Waals surface area contributed by atoms with Crippen molar-refractivity contribution in [3.05, 3.63) is 35.9 Å². The van der Waals surface area contributed by atoms with E-state index >= 15 is 0 Å². The number of aromatic carboxylic acids is 1. The summed E-state index contributed by atoms with van der Waals surface area (Å²) in [4.78, 5) is 23.8. The quantitative estimate of drug-likeness (QED) is 0.568. The molecule has 1 aromatic rings. The molecule has 0 spiro atoms. The highest BCUT2D eigenvalue weighted by molar-refractivity contribution is 6.60. The van der Waals surface area contributed by atoms with E-state index in [-0.39, 0.29) is 11.5 Å². The van der Waals surface area contributed by atoms with Crippen molar-refractivity contribution in [3.8, 4) is 0 Å². The van der Waals surface area contributed by atoms with Crippen LogP contribution in [0.25, 0.3) is 5.57 Å². The lowest BCUT2D eigenvalue weighted by Gasteiger charge is -2.21. The first-order chi connectivity index (χ1) is 11.0. The summed E-state index contributed by atoms with van der Waals surface area (Å²) in [6, 6.07) is 5.10. The zero-order chi connectivity index (χ0) is 16.6. The fourth-order valence-corrected chi connectivity index (χ4v) is 2.26. The Labute approximate surface area is 133 Å². The first-order valence-corrected chi connectivity index (χ1v) is 7.23. The van der Waals surface area contributed by atoms with E-state index in [1.165, 1.54) is 12.1 Å². The first-order valence-electron chi connectivity index (χ1n) is 7.23. The van der Waals surface area contributed by atoms with E-state index in [9.17, 15) is 4.79 Å². The maximum absolute atomic E-state index is 11.1. The molecular weight excluding hydrogens is 294 g/mol. The van der Waals surface area contributed by atoms with E-state index in [0.29, 0.717) is 28.8 Å². The molecule has 118 valence electrons. The van der Waals surface area contributed by atoms with Gasteiger partial charge in [-0.3, -0.25) is 4.99 Å². The summed E-state index contributed by atoms with van der Waals surface area (Å²) in [7, 11) is 1.56. The van der Waals surface area contributed by atoms with Crippen LogP contribution in [-0.2, 0) is 0 Å². The number of fused-ring (bicyclic) bond motifs is 1. The van der Waals surface area contributed by atoms with Gasteiger partial charge in [-0.2, -0.15) is 0 Å². The van der Waals surface area contributed by atoms with Crippen LogP contribution in [0.2, 0.25) is 0 Å². The molecule has 1 fully saturated rings. The molecule has 0 unspecified atom stereocenters. The average molecular weight is 311 g/mol. The molecule has 0 radical (unpaired) electrons. The molecule has 0 saturated heterocycles. The number of nitrogens with zero attached hydrogens (tertiary/aromatic N) is 3. The number of benzene rings is 1. The van der Waals surface area contributed by atoms with Crippen LogP contribution >= 0.6 is 0 Å². The molecule has 1 aliphatic carbocycles. The zero-order valence-electron chi connectivity index (χ0n) is 12.7. The first kappa shape index (κ1) is 15.0. The van der Waals surface area contributed by atoms with Crippen molar-refractivity contribution in [1.82, 2.24) is 5.32 Å². The number of aliphatic imine (C=N–C) groups is 3.